The van der Waals surface area contributed by atoms with Gasteiger partial charge in [0.05, 0.1) is 0 Å². The highest BCUT2D eigenvalue weighted by atomic mass is 79.9. The van der Waals surface area contributed by atoms with E-state index >= 15 is 0 Å². The van der Waals surface area contributed by atoms with Crippen molar-refractivity contribution in [3.63, 3.8) is 0 Å². The fourth-order valence-corrected chi connectivity index (χ4v) is 3.65. The van der Waals surface area contributed by atoms with E-state index in [9.17, 15) is 4.39 Å². The Morgan fingerprint density at radius 1 is 1.19 bits per heavy atom. The third kappa shape index (κ3) is 5.37. The molecule has 0 radical (unpaired) electrons. The lowest BCUT2D eigenvalue weighted by atomic mass is 9.76. The number of halogens is 2. The lowest BCUT2D eigenvalue weighted by Gasteiger charge is -2.34. The van der Waals surface area contributed by atoms with E-state index in [2.05, 4.69) is 42.0 Å². The normalized spacial score (nSPS) is 23.3. The molecule has 2 atom stereocenters. The van der Waals surface area contributed by atoms with Crippen LogP contribution in [-0.4, -0.2) is 12.1 Å². The molecule has 1 fully saturated rings. The van der Waals surface area contributed by atoms with Gasteiger partial charge in [0.15, 0.2) is 0 Å². The highest BCUT2D eigenvalue weighted by Gasteiger charge is 2.27. The first-order valence-corrected chi connectivity index (χ1v) is 8.83. The van der Waals surface area contributed by atoms with E-state index < -0.39 is 0 Å². The molecule has 2 rings (SSSR count). The Hall–Kier alpha value is -0.410. The highest BCUT2D eigenvalue weighted by molar-refractivity contribution is 9.10. The molecule has 1 nitrogen and oxygen atoms in total. The number of nitrogens with one attached hydrogen (secondary N) is 1. The smallest absolute Gasteiger partial charge is 0.126 e. The van der Waals surface area contributed by atoms with Gasteiger partial charge in [0.1, 0.15) is 5.82 Å². The van der Waals surface area contributed by atoms with E-state index in [0.717, 1.165) is 23.0 Å². The monoisotopic (exact) mass is 355 g/mol. The Labute approximate surface area is 136 Å². The predicted octanol–water partition coefficient (Wildman–Crippen LogP) is 5.33. The minimum Gasteiger partial charge on any atom is -0.312 e. The molecule has 1 N–H and O–H groups in total. The molecule has 1 aliphatic carbocycles. The third-order valence-electron chi connectivity index (χ3n) is 4.45. The molecular weight excluding hydrogens is 329 g/mol. The zero-order valence-corrected chi connectivity index (χ0v) is 15.0. The summed E-state index contributed by atoms with van der Waals surface area (Å²) in [5.74, 6) is 1.19. The fourth-order valence-electron chi connectivity index (χ4n) is 3.24. The first-order valence-electron chi connectivity index (χ1n) is 8.04. The van der Waals surface area contributed by atoms with E-state index in [1.807, 2.05) is 6.07 Å². The van der Waals surface area contributed by atoms with Gasteiger partial charge >= 0.3 is 0 Å². The van der Waals surface area contributed by atoms with Crippen LogP contribution < -0.4 is 5.32 Å². The number of rotatable bonds is 4. The largest absolute Gasteiger partial charge is 0.312 e. The quantitative estimate of drug-likeness (QED) is 0.769. The summed E-state index contributed by atoms with van der Waals surface area (Å²) in [4.78, 5) is 0. The van der Waals surface area contributed by atoms with Gasteiger partial charge in [-0.15, -0.1) is 0 Å². The molecule has 21 heavy (non-hydrogen) atoms. The maximum absolute atomic E-state index is 14.0. The molecule has 0 amide bonds. The van der Waals surface area contributed by atoms with Crippen LogP contribution in [0.1, 0.15) is 52.0 Å². The van der Waals surface area contributed by atoms with Crippen LogP contribution in [0.2, 0.25) is 0 Å². The number of benzene rings is 1. The highest BCUT2D eigenvalue weighted by Crippen LogP contribution is 2.33. The van der Waals surface area contributed by atoms with Crippen molar-refractivity contribution in [3.05, 3.63) is 34.1 Å². The Kier molecular flexibility index (Phi) is 5.84. The van der Waals surface area contributed by atoms with Crippen molar-refractivity contribution < 1.29 is 4.39 Å². The Morgan fingerprint density at radius 2 is 1.86 bits per heavy atom. The van der Waals surface area contributed by atoms with Gasteiger partial charge in [0.2, 0.25) is 0 Å². The summed E-state index contributed by atoms with van der Waals surface area (Å²) in [5.41, 5.74) is 1.01. The van der Waals surface area contributed by atoms with Crippen LogP contribution in [-0.2, 0) is 6.42 Å². The van der Waals surface area contributed by atoms with E-state index in [-0.39, 0.29) is 11.4 Å². The van der Waals surface area contributed by atoms with Crippen LogP contribution in [0.15, 0.2) is 22.7 Å². The minimum atomic E-state index is -0.0636. The van der Waals surface area contributed by atoms with E-state index in [4.69, 9.17) is 0 Å². The van der Waals surface area contributed by atoms with Gasteiger partial charge in [-0.3, -0.25) is 0 Å². The summed E-state index contributed by atoms with van der Waals surface area (Å²) in [7, 11) is 0. The van der Waals surface area contributed by atoms with Crippen LogP contribution in [0.5, 0.6) is 0 Å². The molecule has 0 aliphatic heterocycles. The van der Waals surface area contributed by atoms with Gasteiger partial charge in [-0.05, 0) is 82.2 Å². The molecule has 1 aromatic carbocycles. The van der Waals surface area contributed by atoms with Crippen LogP contribution in [0.25, 0.3) is 0 Å². The van der Waals surface area contributed by atoms with Crippen molar-refractivity contribution in [2.45, 2.75) is 58.4 Å². The Balaban J connectivity index is 2.03. The summed E-state index contributed by atoms with van der Waals surface area (Å²) in [5, 5.41) is 3.63. The maximum atomic E-state index is 14.0. The van der Waals surface area contributed by atoms with Gasteiger partial charge < -0.3 is 5.32 Å². The molecule has 0 aromatic heterocycles. The Bertz CT molecular complexity index is 467. The fraction of sp³-hybridized carbons (Fsp3) is 0.667. The SMILES string of the molecule is CC(C)(C)NCC1CCCCC1Cc1cc(Br)ccc1F. The molecule has 0 saturated heterocycles. The van der Waals surface area contributed by atoms with Crippen LogP contribution in [0.4, 0.5) is 4.39 Å². The molecule has 2 unspecified atom stereocenters. The first kappa shape index (κ1) is 17.0. The molecular formula is C18H27BrFN. The van der Waals surface area contributed by atoms with Crippen molar-refractivity contribution in [3.8, 4) is 0 Å². The number of hydrogen-bond donors (Lipinski definition) is 1. The summed E-state index contributed by atoms with van der Waals surface area (Å²) in [6.45, 7) is 7.67. The van der Waals surface area contributed by atoms with Crippen molar-refractivity contribution in [2.24, 2.45) is 11.8 Å². The van der Waals surface area contributed by atoms with Gasteiger partial charge in [-0.2, -0.15) is 0 Å². The van der Waals surface area contributed by atoms with E-state index in [0.29, 0.717) is 11.8 Å². The summed E-state index contributed by atoms with van der Waals surface area (Å²) in [6.07, 6.45) is 5.95. The maximum Gasteiger partial charge on any atom is 0.126 e. The first-order chi connectivity index (χ1) is 9.85. The second kappa shape index (κ2) is 7.23. The van der Waals surface area contributed by atoms with Crippen LogP contribution >= 0.6 is 15.9 Å². The standard InChI is InChI=1S/C18H27BrFN/c1-18(2,3)21-12-14-7-5-4-6-13(14)10-15-11-16(19)8-9-17(15)20/h8-9,11,13-14,21H,4-7,10,12H2,1-3H3. The molecule has 118 valence electrons. The van der Waals surface area contributed by atoms with E-state index in [1.54, 1.807) is 12.1 Å². The van der Waals surface area contributed by atoms with Gasteiger partial charge in [-0.1, -0.05) is 28.8 Å². The van der Waals surface area contributed by atoms with Crippen LogP contribution in [0, 0.1) is 17.7 Å². The minimum absolute atomic E-state index is 0.0636. The number of hydrogen-bond acceptors (Lipinski definition) is 1. The van der Waals surface area contributed by atoms with Crippen molar-refractivity contribution in [1.82, 2.24) is 5.32 Å². The predicted molar refractivity (Wildman–Crippen MR) is 91.0 cm³/mol. The molecule has 1 saturated carbocycles. The van der Waals surface area contributed by atoms with Gasteiger partial charge in [0.25, 0.3) is 0 Å². The Morgan fingerprint density at radius 3 is 2.52 bits per heavy atom. The second-order valence-corrected chi connectivity index (χ2v) is 8.29. The molecule has 3 heteroatoms. The van der Waals surface area contributed by atoms with Crippen molar-refractivity contribution in [1.29, 1.82) is 0 Å². The van der Waals surface area contributed by atoms with Crippen molar-refractivity contribution in [2.75, 3.05) is 6.54 Å². The third-order valence-corrected chi connectivity index (χ3v) is 4.94. The summed E-state index contributed by atoms with van der Waals surface area (Å²) in [6, 6.07) is 5.29. The second-order valence-electron chi connectivity index (χ2n) is 7.38. The van der Waals surface area contributed by atoms with Crippen molar-refractivity contribution >= 4 is 15.9 Å². The van der Waals surface area contributed by atoms with Gasteiger partial charge in [0, 0.05) is 10.0 Å². The van der Waals surface area contributed by atoms with Crippen LogP contribution in [0.3, 0.4) is 0 Å². The van der Waals surface area contributed by atoms with Gasteiger partial charge in [-0.25, -0.2) is 4.39 Å². The molecule has 1 aromatic rings. The summed E-state index contributed by atoms with van der Waals surface area (Å²) >= 11 is 3.45. The molecule has 0 bridgehead atoms. The average molecular weight is 356 g/mol. The molecule has 0 heterocycles. The lowest BCUT2D eigenvalue weighted by molar-refractivity contribution is 0.212. The zero-order chi connectivity index (χ0) is 15.5. The topological polar surface area (TPSA) is 12.0 Å². The summed E-state index contributed by atoms with van der Waals surface area (Å²) < 4.78 is 15.0. The molecule has 0 spiro atoms. The lowest BCUT2D eigenvalue weighted by Crippen LogP contribution is -2.41. The zero-order valence-electron chi connectivity index (χ0n) is 13.4. The van der Waals surface area contributed by atoms with E-state index in [1.165, 1.54) is 25.7 Å². The average Bonchev–Trinajstić information content (AvgIpc) is 2.41. The molecule has 1 aliphatic rings.